The van der Waals surface area contributed by atoms with E-state index in [4.69, 9.17) is 16.9 Å². The molecule has 2 aromatic rings. The maximum absolute atomic E-state index is 12.4. The fourth-order valence-corrected chi connectivity index (χ4v) is 2.34. The minimum atomic E-state index is -0.444. The Bertz CT molecular complexity index is 864. The summed E-state index contributed by atoms with van der Waals surface area (Å²) in [6.45, 7) is 0. The van der Waals surface area contributed by atoms with Crippen LogP contribution >= 0.6 is 11.6 Å². The molecular weight excluding hydrogens is 302 g/mol. The number of nitrogens with one attached hydrogen (secondary N) is 1. The van der Waals surface area contributed by atoms with Gasteiger partial charge in [-0.3, -0.25) is 14.6 Å². The maximum atomic E-state index is 12.4. The van der Waals surface area contributed by atoms with Crippen LogP contribution in [0.4, 0.5) is 5.69 Å². The Morgan fingerprint density at radius 3 is 2.50 bits per heavy atom. The molecule has 0 unspecified atom stereocenters. The van der Waals surface area contributed by atoms with Crippen molar-refractivity contribution >= 4 is 28.9 Å². The average molecular weight is 310 g/mol. The van der Waals surface area contributed by atoms with Gasteiger partial charge < -0.3 is 5.32 Å². The van der Waals surface area contributed by atoms with Gasteiger partial charge in [0, 0.05) is 11.9 Å². The highest BCUT2D eigenvalue weighted by Gasteiger charge is 2.32. The predicted molar refractivity (Wildman–Crippen MR) is 80.6 cm³/mol. The van der Waals surface area contributed by atoms with Gasteiger partial charge in [-0.15, -0.1) is 0 Å². The van der Waals surface area contributed by atoms with Gasteiger partial charge in [-0.1, -0.05) is 11.6 Å². The van der Waals surface area contributed by atoms with Gasteiger partial charge in [0.15, 0.2) is 0 Å². The van der Waals surface area contributed by atoms with Crippen LogP contribution in [-0.2, 0) is 0 Å². The summed E-state index contributed by atoms with van der Waals surface area (Å²) >= 11 is 6.03. The quantitative estimate of drug-likeness (QED) is 0.922. The molecule has 3 rings (SSSR count). The first-order chi connectivity index (χ1) is 10.6. The number of nitriles is 1. The molecular formula is C16H8ClN3O2. The zero-order valence-electron chi connectivity index (χ0n) is 11.1. The molecule has 1 aliphatic carbocycles. The molecule has 0 spiro atoms. The second-order valence-corrected chi connectivity index (χ2v) is 4.94. The number of aromatic nitrogens is 1. The van der Waals surface area contributed by atoms with Crippen LogP contribution in [0.2, 0.25) is 0 Å². The summed E-state index contributed by atoms with van der Waals surface area (Å²) in [5.41, 5.74) is 1.30. The Balaban J connectivity index is 2.00. The summed E-state index contributed by atoms with van der Waals surface area (Å²) in [6.07, 6.45) is 1.45. The number of hydrogen-bond acceptors (Lipinski definition) is 5. The fraction of sp³-hybridized carbons (Fsp3) is 0. The summed E-state index contributed by atoms with van der Waals surface area (Å²) < 4.78 is 0. The molecule has 106 valence electrons. The predicted octanol–water partition coefficient (Wildman–Crippen LogP) is 2.89. The maximum Gasteiger partial charge on any atom is 0.229 e. The van der Waals surface area contributed by atoms with Crippen LogP contribution in [0, 0.1) is 11.3 Å². The van der Waals surface area contributed by atoms with Gasteiger partial charge >= 0.3 is 0 Å². The third-order valence-corrected chi connectivity index (χ3v) is 3.56. The van der Waals surface area contributed by atoms with E-state index in [0.29, 0.717) is 11.3 Å². The monoisotopic (exact) mass is 309 g/mol. The number of allylic oxidation sites excluding steroid dienone is 2. The second kappa shape index (κ2) is 5.43. The molecule has 0 atom stereocenters. The molecule has 0 amide bonds. The number of Topliss-reactive ketones (excluding diaryl/α,β-unsaturated/α-hetero) is 2. The molecule has 0 bridgehead atoms. The lowest BCUT2D eigenvalue weighted by molar-refractivity contribution is 0.0978. The number of pyridine rings is 1. The van der Waals surface area contributed by atoms with Gasteiger partial charge in [0.05, 0.1) is 17.2 Å². The number of hydrogen-bond donors (Lipinski definition) is 1. The van der Waals surface area contributed by atoms with Crippen LogP contribution in [0.5, 0.6) is 0 Å². The van der Waals surface area contributed by atoms with Crippen molar-refractivity contribution in [3.05, 3.63) is 70.1 Å². The minimum absolute atomic E-state index is 0.0115. The zero-order valence-corrected chi connectivity index (χ0v) is 11.9. The van der Waals surface area contributed by atoms with Crippen LogP contribution in [0.1, 0.15) is 26.4 Å². The molecule has 0 radical (unpaired) electrons. The first-order valence-corrected chi connectivity index (χ1v) is 6.71. The summed E-state index contributed by atoms with van der Waals surface area (Å²) in [5.74, 6) is -0.884. The Hall–Kier alpha value is -2.97. The highest BCUT2D eigenvalue weighted by Crippen LogP contribution is 2.28. The van der Waals surface area contributed by atoms with Crippen molar-refractivity contribution in [2.24, 2.45) is 0 Å². The minimum Gasteiger partial charge on any atom is -0.351 e. The Morgan fingerprint density at radius 2 is 1.82 bits per heavy atom. The van der Waals surface area contributed by atoms with Crippen LogP contribution < -0.4 is 5.32 Å². The van der Waals surface area contributed by atoms with E-state index < -0.39 is 11.6 Å². The van der Waals surface area contributed by atoms with Crippen molar-refractivity contribution in [1.82, 2.24) is 4.98 Å². The van der Waals surface area contributed by atoms with E-state index in [0.717, 1.165) is 0 Å². The molecule has 0 saturated heterocycles. The third-order valence-electron chi connectivity index (χ3n) is 3.20. The largest absolute Gasteiger partial charge is 0.351 e. The zero-order chi connectivity index (χ0) is 15.7. The van der Waals surface area contributed by atoms with Crippen molar-refractivity contribution in [3.63, 3.8) is 0 Å². The van der Waals surface area contributed by atoms with Crippen LogP contribution in [0.3, 0.4) is 0 Å². The average Bonchev–Trinajstić information content (AvgIpc) is 2.57. The number of anilines is 1. The van der Waals surface area contributed by atoms with Crippen molar-refractivity contribution < 1.29 is 9.59 Å². The SMILES string of the molecule is N#Cc1ccc(NC2=C(Cl)C(=O)c3cccnc3C2=O)cc1. The number of rotatable bonds is 2. The van der Waals surface area contributed by atoms with E-state index in [2.05, 4.69) is 10.3 Å². The normalized spacial score (nSPS) is 13.6. The number of fused-ring (bicyclic) bond motifs is 1. The lowest BCUT2D eigenvalue weighted by Gasteiger charge is -2.18. The lowest BCUT2D eigenvalue weighted by atomic mass is 9.97. The third kappa shape index (κ3) is 2.26. The summed E-state index contributed by atoms with van der Waals surface area (Å²) in [5, 5.41) is 11.4. The number of nitrogens with zero attached hydrogens (tertiary/aromatic N) is 2. The molecule has 1 aromatic heterocycles. The molecule has 5 nitrogen and oxygen atoms in total. The van der Waals surface area contributed by atoms with E-state index >= 15 is 0 Å². The van der Waals surface area contributed by atoms with Gasteiger partial charge in [0.1, 0.15) is 16.4 Å². The van der Waals surface area contributed by atoms with E-state index in [1.54, 1.807) is 30.3 Å². The van der Waals surface area contributed by atoms with Crippen molar-refractivity contribution in [1.29, 1.82) is 5.26 Å². The molecule has 1 heterocycles. The second-order valence-electron chi connectivity index (χ2n) is 4.56. The topological polar surface area (TPSA) is 82.8 Å². The number of halogens is 1. The summed E-state index contributed by atoms with van der Waals surface area (Å²) in [4.78, 5) is 28.6. The number of benzene rings is 1. The van der Waals surface area contributed by atoms with E-state index in [1.807, 2.05) is 6.07 Å². The van der Waals surface area contributed by atoms with E-state index in [9.17, 15) is 9.59 Å². The van der Waals surface area contributed by atoms with E-state index in [-0.39, 0.29) is 22.0 Å². The highest BCUT2D eigenvalue weighted by atomic mass is 35.5. The lowest BCUT2D eigenvalue weighted by Crippen LogP contribution is -2.25. The standard InChI is InChI=1S/C16H8ClN3O2/c17-12-14(20-10-5-3-9(8-18)4-6-10)16(22)13-11(15(12)21)2-1-7-19-13/h1-7,20H. The highest BCUT2D eigenvalue weighted by molar-refractivity contribution is 6.50. The van der Waals surface area contributed by atoms with Gasteiger partial charge in [0.2, 0.25) is 11.6 Å². The molecule has 0 saturated carbocycles. The Kier molecular flexibility index (Phi) is 3.45. The van der Waals surface area contributed by atoms with Gasteiger partial charge in [0.25, 0.3) is 0 Å². The fourth-order valence-electron chi connectivity index (χ4n) is 2.10. The summed E-state index contributed by atoms with van der Waals surface area (Å²) in [7, 11) is 0. The number of carbonyl (C=O) groups is 2. The number of ketones is 2. The smallest absolute Gasteiger partial charge is 0.229 e. The Labute approximate surface area is 130 Å². The van der Waals surface area contributed by atoms with E-state index in [1.165, 1.54) is 12.3 Å². The molecule has 0 aliphatic heterocycles. The first-order valence-electron chi connectivity index (χ1n) is 6.33. The molecule has 22 heavy (non-hydrogen) atoms. The van der Waals surface area contributed by atoms with Crippen LogP contribution in [0.25, 0.3) is 0 Å². The van der Waals surface area contributed by atoms with Crippen LogP contribution in [-0.4, -0.2) is 16.6 Å². The van der Waals surface area contributed by atoms with Crippen molar-refractivity contribution in [2.75, 3.05) is 5.32 Å². The molecule has 6 heteroatoms. The molecule has 1 aliphatic rings. The molecule has 0 fully saturated rings. The number of carbonyl (C=O) groups excluding carboxylic acids is 2. The van der Waals surface area contributed by atoms with Gasteiger partial charge in [-0.05, 0) is 36.4 Å². The van der Waals surface area contributed by atoms with Crippen LogP contribution in [0.15, 0.2) is 53.3 Å². The first kappa shape index (κ1) is 14.0. The van der Waals surface area contributed by atoms with Gasteiger partial charge in [-0.25, -0.2) is 0 Å². The van der Waals surface area contributed by atoms with Crippen molar-refractivity contribution in [2.45, 2.75) is 0 Å². The summed E-state index contributed by atoms with van der Waals surface area (Å²) in [6, 6.07) is 11.5. The Morgan fingerprint density at radius 1 is 1.09 bits per heavy atom. The van der Waals surface area contributed by atoms with Crippen molar-refractivity contribution in [3.8, 4) is 6.07 Å². The molecule has 1 N–H and O–H groups in total. The molecule has 1 aromatic carbocycles. The van der Waals surface area contributed by atoms with Gasteiger partial charge in [-0.2, -0.15) is 5.26 Å².